The minimum Gasteiger partial charge on any atom is -0.480 e. The van der Waals surface area contributed by atoms with Crippen molar-refractivity contribution in [3.63, 3.8) is 0 Å². The molecule has 12 heteroatoms. The van der Waals surface area contributed by atoms with Crippen LogP contribution in [-0.4, -0.2) is 59.9 Å². The van der Waals surface area contributed by atoms with Gasteiger partial charge >= 0.3 is 25.7 Å². The van der Waals surface area contributed by atoms with E-state index in [0.717, 1.165) is 38.5 Å². The summed E-state index contributed by atoms with van der Waals surface area (Å²) < 4.78 is 32.7. The standard InChI is InChI=1S/C42H80NO10P/c1-3-5-7-9-11-13-15-17-19-21-23-25-27-29-31-33-40(44)50-35-38(36-51-54(48,49)52-37-39(43)42(46)47)53-41(45)34-32-30-28-26-24-22-20-18-16-14-12-10-8-6-4-2/h10,12,38-39H,3-9,11,13-37,43H2,1-2H3,(H,46,47)(H,48,49)/b12-10+/t38-,39+/m1/s1. The number of unbranched alkanes of at least 4 members (excludes halogenated alkanes) is 25. The van der Waals surface area contributed by atoms with Gasteiger partial charge in [0.25, 0.3) is 0 Å². The summed E-state index contributed by atoms with van der Waals surface area (Å²) in [6.45, 7) is 2.79. The fraction of sp³-hybridized carbons (Fsp3) is 0.881. The second-order valence-corrected chi connectivity index (χ2v) is 16.3. The number of ether oxygens (including phenoxy) is 2. The molecule has 0 saturated heterocycles. The van der Waals surface area contributed by atoms with Gasteiger partial charge in [0.15, 0.2) is 6.10 Å². The van der Waals surface area contributed by atoms with E-state index in [1.807, 2.05) is 0 Å². The Morgan fingerprint density at radius 3 is 1.41 bits per heavy atom. The normalized spacial score (nSPS) is 13.9. The van der Waals surface area contributed by atoms with E-state index in [1.165, 1.54) is 128 Å². The van der Waals surface area contributed by atoms with E-state index in [-0.39, 0.29) is 19.4 Å². The minimum atomic E-state index is -4.71. The number of hydrogen-bond donors (Lipinski definition) is 3. The van der Waals surface area contributed by atoms with Crippen molar-refractivity contribution in [2.75, 3.05) is 19.8 Å². The molecule has 0 aliphatic carbocycles. The number of carbonyl (C=O) groups excluding carboxylic acids is 2. The topological polar surface area (TPSA) is 172 Å². The summed E-state index contributed by atoms with van der Waals surface area (Å²) in [7, 11) is -4.71. The van der Waals surface area contributed by atoms with Gasteiger partial charge in [-0.15, -0.1) is 0 Å². The first-order chi connectivity index (χ1) is 26.1. The van der Waals surface area contributed by atoms with Crippen LogP contribution in [0, 0.1) is 0 Å². The van der Waals surface area contributed by atoms with Gasteiger partial charge in [0.1, 0.15) is 12.6 Å². The van der Waals surface area contributed by atoms with E-state index < -0.39 is 51.1 Å². The van der Waals surface area contributed by atoms with Crippen LogP contribution in [0.4, 0.5) is 0 Å². The first kappa shape index (κ1) is 52.2. The molecule has 0 bridgehead atoms. The molecule has 318 valence electrons. The largest absolute Gasteiger partial charge is 0.480 e. The molecule has 54 heavy (non-hydrogen) atoms. The molecule has 0 aliphatic heterocycles. The molecule has 1 unspecified atom stereocenters. The summed E-state index contributed by atoms with van der Waals surface area (Å²) >= 11 is 0. The molecular weight excluding hydrogens is 709 g/mol. The van der Waals surface area contributed by atoms with Gasteiger partial charge in [-0.25, -0.2) is 4.57 Å². The van der Waals surface area contributed by atoms with Crippen molar-refractivity contribution >= 4 is 25.7 Å². The van der Waals surface area contributed by atoms with Crippen LogP contribution >= 0.6 is 7.82 Å². The SMILES string of the molecule is CCCC/C=C/CCCCCCCCCCCC(=O)O[C@H](COC(=O)CCCCCCCCCCCCCCCCC)COP(=O)(O)OC[C@H](N)C(=O)O. The zero-order valence-corrected chi connectivity index (χ0v) is 35.2. The lowest BCUT2D eigenvalue weighted by Gasteiger charge is -2.20. The Bertz CT molecular complexity index is 979. The predicted octanol–water partition coefficient (Wildman–Crippen LogP) is 11.3. The van der Waals surface area contributed by atoms with Crippen molar-refractivity contribution in [2.24, 2.45) is 5.73 Å². The maximum absolute atomic E-state index is 12.6. The van der Waals surface area contributed by atoms with Crippen molar-refractivity contribution in [3.05, 3.63) is 12.2 Å². The quantitative estimate of drug-likeness (QED) is 0.0233. The van der Waals surface area contributed by atoms with Gasteiger partial charge in [-0.3, -0.25) is 23.4 Å². The number of carbonyl (C=O) groups is 3. The van der Waals surface area contributed by atoms with Gasteiger partial charge in [-0.1, -0.05) is 174 Å². The van der Waals surface area contributed by atoms with E-state index in [0.29, 0.717) is 12.8 Å². The fourth-order valence-corrected chi connectivity index (χ4v) is 6.82. The number of esters is 2. The van der Waals surface area contributed by atoms with Crippen LogP contribution in [0.5, 0.6) is 0 Å². The molecule has 0 aromatic rings. The van der Waals surface area contributed by atoms with Crippen LogP contribution in [0.15, 0.2) is 12.2 Å². The van der Waals surface area contributed by atoms with Gasteiger partial charge in [0.05, 0.1) is 13.2 Å². The molecule has 0 amide bonds. The molecular formula is C42H80NO10P. The lowest BCUT2D eigenvalue weighted by Crippen LogP contribution is -2.34. The Kier molecular flexibility index (Phi) is 36.9. The molecule has 0 spiro atoms. The summed E-state index contributed by atoms with van der Waals surface area (Å²) in [6.07, 6.45) is 37.0. The van der Waals surface area contributed by atoms with E-state index in [9.17, 15) is 23.8 Å². The average molecular weight is 790 g/mol. The van der Waals surface area contributed by atoms with E-state index in [2.05, 4.69) is 30.5 Å². The maximum Gasteiger partial charge on any atom is 0.472 e. The van der Waals surface area contributed by atoms with Gasteiger partial charge < -0.3 is 25.2 Å². The summed E-state index contributed by atoms with van der Waals surface area (Å²) in [5, 5.41) is 8.88. The Morgan fingerprint density at radius 1 is 0.556 bits per heavy atom. The zero-order chi connectivity index (χ0) is 40.0. The van der Waals surface area contributed by atoms with Crippen molar-refractivity contribution in [1.82, 2.24) is 0 Å². The number of aliphatic carboxylic acids is 1. The van der Waals surface area contributed by atoms with Crippen molar-refractivity contribution in [1.29, 1.82) is 0 Å². The first-order valence-electron chi connectivity index (χ1n) is 21.7. The molecule has 0 aromatic carbocycles. The summed E-state index contributed by atoms with van der Waals surface area (Å²) in [6, 6.07) is -1.52. The molecule has 0 aromatic heterocycles. The van der Waals surface area contributed by atoms with Crippen molar-refractivity contribution in [3.8, 4) is 0 Å². The number of allylic oxidation sites excluding steroid dienone is 2. The van der Waals surface area contributed by atoms with Crippen LogP contribution in [0.2, 0.25) is 0 Å². The Morgan fingerprint density at radius 2 is 0.944 bits per heavy atom. The molecule has 0 heterocycles. The molecule has 3 atom stereocenters. The van der Waals surface area contributed by atoms with Crippen LogP contribution < -0.4 is 5.73 Å². The highest BCUT2D eigenvalue weighted by molar-refractivity contribution is 7.47. The van der Waals surface area contributed by atoms with Gasteiger partial charge in [0, 0.05) is 12.8 Å². The lowest BCUT2D eigenvalue weighted by molar-refractivity contribution is -0.161. The molecule has 4 N–H and O–H groups in total. The van der Waals surface area contributed by atoms with Crippen molar-refractivity contribution in [2.45, 2.75) is 219 Å². The molecule has 11 nitrogen and oxygen atoms in total. The first-order valence-corrected chi connectivity index (χ1v) is 23.2. The lowest BCUT2D eigenvalue weighted by atomic mass is 10.0. The number of phosphoric acid groups is 1. The predicted molar refractivity (Wildman–Crippen MR) is 217 cm³/mol. The smallest absolute Gasteiger partial charge is 0.472 e. The van der Waals surface area contributed by atoms with Gasteiger partial charge in [0.2, 0.25) is 0 Å². The van der Waals surface area contributed by atoms with Crippen LogP contribution in [-0.2, 0) is 37.5 Å². The maximum atomic E-state index is 12.6. The summed E-state index contributed by atoms with van der Waals surface area (Å²) in [4.78, 5) is 45.9. The van der Waals surface area contributed by atoms with E-state index >= 15 is 0 Å². The average Bonchev–Trinajstić information content (AvgIpc) is 3.14. The Labute approximate surface area is 328 Å². The number of phosphoric ester groups is 1. The second kappa shape index (κ2) is 38.1. The third-order valence-corrected chi connectivity index (χ3v) is 10.5. The van der Waals surface area contributed by atoms with Gasteiger partial charge in [-0.2, -0.15) is 0 Å². The van der Waals surface area contributed by atoms with E-state index in [4.69, 9.17) is 24.8 Å². The molecule has 0 rings (SSSR count). The number of rotatable bonds is 41. The van der Waals surface area contributed by atoms with Gasteiger partial charge in [-0.05, 0) is 32.1 Å². The van der Waals surface area contributed by atoms with E-state index in [1.54, 1.807) is 0 Å². The summed E-state index contributed by atoms with van der Waals surface area (Å²) in [5.41, 5.74) is 5.33. The van der Waals surface area contributed by atoms with Crippen molar-refractivity contribution < 1.29 is 47.5 Å². The fourth-order valence-electron chi connectivity index (χ4n) is 6.05. The number of carboxylic acids is 1. The molecule has 0 radical (unpaired) electrons. The van der Waals surface area contributed by atoms with Crippen LogP contribution in [0.3, 0.4) is 0 Å². The zero-order valence-electron chi connectivity index (χ0n) is 34.3. The number of nitrogens with two attached hydrogens (primary N) is 1. The monoisotopic (exact) mass is 790 g/mol. The highest BCUT2D eigenvalue weighted by Crippen LogP contribution is 2.43. The minimum absolute atomic E-state index is 0.163. The van der Waals surface area contributed by atoms with Crippen LogP contribution in [0.25, 0.3) is 0 Å². The number of carboxylic acid groups (broad SMARTS) is 1. The summed E-state index contributed by atoms with van der Waals surface area (Å²) in [5.74, 6) is -2.37. The highest BCUT2D eigenvalue weighted by Gasteiger charge is 2.28. The molecule has 0 aliphatic rings. The second-order valence-electron chi connectivity index (χ2n) is 14.8. The third kappa shape index (κ3) is 37.2. The highest BCUT2D eigenvalue weighted by atomic mass is 31.2. The number of hydrogen-bond acceptors (Lipinski definition) is 9. The Balaban J connectivity index is 4.33. The molecule has 0 saturated carbocycles. The Hall–Kier alpha value is -1.78. The molecule has 0 fully saturated rings. The van der Waals surface area contributed by atoms with Crippen LogP contribution in [0.1, 0.15) is 206 Å². The third-order valence-electron chi connectivity index (χ3n) is 9.51.